The molecule has 0 aliphatic rings. The number of pyridine rings is 1. The Hall–Kier alpha value is -2.35. The summed E-state index contributed by atoms with van der Waals surface area (Å²) in [7, 11) is 1.30. The topological polar surface area (TPSA) is 68.3 Å². The molecule has 94 valence electrons. The maximum atomic E-state index is 11.4. The van der Waals surface area contributed by atoms with Crippen LogP contribution in [0.25, 0.3) is 0 Å². The SMILES string of the molecule is COC(=O)c1ncccc1C#CCCNC(C)=O. The van der Waals surface area contributed by atoms with E-state index in [9.17, 15) is 9.59 Å². The molecule has 5 nitrogen and oxygen atoms in total. The van der Waals surface area contributed by atoms with Crippen LogP contribution in [0, 0.1) is 11.8 Å². The third-order valence-corrected chi connectivity index (χ3v) is 2.03. The lowest BCUT2D eigenvalue weighted by Crippen LogP contribution is -2.20. The van der Waals surface area contributed by atoms with E-state index in [2.05, 4.69) is 26.9 Å². The van der Waals surface area contributed by atoms with Crippen molar-refractivity contribution in [2.45, 2.75) is 13.3 Å². The van der Waals surface area contributed by atoms with Gasteiger partial charge in [0, 0.05) is 26.1 Å². The molecular formula is C13H14N2O3. The molecule has 0 bridgehead atoms. The van der Waals surface area contributed by atoms with Crippen molar-refractivity contribution >= 4 is 11.9 Å². The second-order valence-corrected chi connectivity index (χ2v) is 3.43. The van der Waals surface area contributed by atoms with Gasteiger partial charge in [0.05, 0.1) is 12.7 Å². The van der Waals surface area contributed by atoms with Gasteiger partial charge in [-0.25, -0.2) is 9.78 Å². The lowest BCUT2D eigenvalue weighted by Gasteiger charge is -2.00. The minimum atomic E-state index is -0.512. The number of rotatable bonds is 3. The van der Waals surface area contributed by atoms with Crippen molar-refractivity contribution in [2.24, 2.45) is 0 Å². The summed E-state index contributed by atoms with van der Waals surface area (Å²) in [4.78, 5) is 26.0. The van der Waals surface area contributed by atoms with Crippen LogP contribution in [0.5, 0.6) is 0 Å². The maximum Gasteiger partial charge on any atom is 0.357 e. The Morgan fingerprint density at radius 1 is 1.50 bits per heavy atom. The fraction of sp³-hybridized carbons (Fsp3) is 0.308. The van der Waals surface area contributed by atoms with Crippen LogP contribution in [-0.4, -0.2) is 30.5 Å². The smallest absolute Gasteiger partial charge is 0.357 e. The third-order valence-electron chi connectivity index (χ3n) is 2.03. The molecule has 0 aliphatic carbocycles. The number of hydrogen-bond donors (Lipinski definition) is 1. The predicted octanol–water partition coefficient (Wildman–Crippen LogP) is 0.746. The summed E-state index contributed by atoms with van der Waals surface area (Å²) in [5.41, 5.74) is 0.721. The van der Waals surface area contributed by atoms with Gasteiger partial charge >= 0.3 is 5.97 Å². The number of carbonyl (C=O) groups is 2. The Balaban J connectivity index is 2.70. The van der Waals surface area contributed by atoms with Gasteiger partial charge in [-0.3, -0.25) is 4.79 Å². The molecule has 0 saturated heterocycles. The van der Waals surface area contributed by atoms with E-state index >= 15 is 0 Å². The summed E-state index contributed by atoms with van der Waals surface area (Å²) in [5.74, 6) is 5.10. The van der Waals surface area contributed by atoms with Gasteiger partial charge in [-0.15, -0.1) is 0 Å². The monoisotopic (exact) mass is 246 g/mol. The number of amides is 1. The van der Waals surface area contributed by atoms with Crippen LogP contribution in [0.4, 0.5) is 0 Å². The molecule has 0 saturated carbocycles. The fourth-order valence-corrected chi connectivity index (χ4v) is 1.22. The Labute approximate surface area is 106 Å². The highest BCUT2D eigenvalue weighted by Gasteiger charge is 2.10. The Kier molecular flexibility index (Phi) is 5.39. The van der Waals surface area contributed by atoms with Gasteiger partial charge in [0.2, 0.25) is 5.91 Å². The second kappa shape index (κ2) is 7.07. The summed E-state index contributed by atoms with van der Waals surface area (Å²) in [6.07, 6.45) is 2.02. The molecule has 1 heterocycles. The Morgan fingerprint density at radius 3 is 2.94 bits per heavy atom. The highest BCUT2D eigenvalue weighted by Crippen LogP contribution is 2.04. The largest absolute Gasteiger partial charge is 0.464 e. The number of aromatic nitrogens is 1. The second-order valence-electron chi connectivity index (χ2n) is 3.43. The maximum absolute atomic E-state index is 11.4. The summed E-state index contributed by atoms with van der Waals surface area (Å²) in [6, 6.07) is 3.40. The summed E-state index contributed by atoms with van der Waals surface area (Å²) >= 11 is 0. The van der Waals surface area contributed by atoms with Gasteiger partial charge in [0.25, 0.3) is 0 Å². The zero-order chi connectivity index (χ0) is 13.4. The number of hydrogen-bond acceptors (Lipinski definition) is 4. The molecule has 0 fully saturated rings. The molecule has 18 heavy (non-hydrogen) atoms. The van der Waals surface area contributed by atoms with Gasteiger partial charge in [-0.05, 0) is 12.1 Å². The first kappa shape index (κ1) is 13.7. The molecule has 1 rings (SSSR count). The van der Waals surface area contributed by atoms with Crippen molar-refractivity contribution in [3.05, 3.63) is 29.6 Å². The molecule has 0 aliphatic heterocycles. The minimum Gasteiger partial charge on any atom is -0.464 e. The molecule has 0 radical (unpaired) electrons. The first-order valence-electron chi connectivity index (χ1n) is 5.41. The van der Waals surface area contributed by atoms with Crippen molar-refractivity contribution in [3.63, 3.8) is 0 Å². The van der Waals surface area contributed by atoms with Crippen LogP contribution in [0.3, 0.4) is 0 Å². The van der Waals surface area contributed by atoms with E-state index in [-0.39, 0.29) is 11.6 Å². The zero-order valence-corrected chi connectivity index (χ0v) is 10.3. The summed E-state index contributed by atoms with van der Waals surface area (Å²) in [6.45, 7) is 1.93. The van der Waals surface area contributed by atoms with Gasteiger partial charge < -0.3 is 10.1 Å². The number of nitrogens with zero attached hydrogens (tertiary/aromatic N) is 1. The molecule has 1 aromatic rings. The molecule has 1 amide bonds. The van der Waals surface area contributed by atoms with Crippen molar-refractivity contribution in [3.8, 4) is 11.8 Å². The van der Waals surface area contributed by atoms with Crippen molar-refractivity contribution in [1.29, 1.82) is 0 Å². The first-order chi connectivity index (χ1) is 8.65. The van der Waals surface area contributed by atoms with E-state index in [1.54, 1.807) is 12.1 Å². The van der Waals surface area contributed by atoms with E-state index in [1.165, 1.54) is 20.2 Å². The quantitative estimate of drug-likeness (QED) is 0.485. The standard InChI is InChI=1S/C13H14N2O3/c1-10(16)14-8-4-3-6-11-7-5-9-15-12(11)13(17)18-2/h5,7,9H,4,8H2,1-2H3,(H,14,16). The van der Waals surface area contributed by atoms with Crippen LogP contribution < -0.4 is 5.32 Å². The summed E-state index contributed by atoms with van der Waals surface area (Å²) in [5, 5.41) is 2.63. The van der Waals surface area contributed by atoms with Crippen molar-refractivity contribution in [2.75, 3.05) is 13.7 Å². The Bertz CT molecular complexity index is 500. The Morgan fingerprint density at radius 2 is 2.28 bits per heavy atom. The first-order valence-corrected chi connectivity index (χ1v) is 5.41. The van der Waals surface area contributed by atoms with E-state index in [4.69, 9.17) is 0 Å². The zero-order valence-electron chi connectivity index (χ0n) is 10.3. The highest BCUT2D eigenvalue weighted by molar-refractivity contribution is 5.89. The molecule has 5 heteroatoms. The third kappa shape index (κ3) is 4.26. The van der Waals surface area contributed by atoms with Gasteiger partial charge in [0.15, 0.2) is 5.69 Å². The average Bonchev–Trinajstić information content (AvgIpc) is 2.37. The van der Waals surface area contributed by atoms with Crippen LogP contribution in [0.1, 0.15) is 29.4 Å². The number of esters is 1. The van der Waals surface area contributed by atoms with Crippen LogP contribution in [0.2, 0.25) is 0 Å². The lowest BCUT2D eigenvalue weighted by atomic mass is 10.2. The predicted molar refractivity (Wildman–Crippen MR) is 65.8 cm³/mol. The van der Waals surface area contributed by atoms with Crippen molar-refractivity contribution < 1.29 is 14.3 Å². The molecule has 1 N–H and O–H groups in total. The van der Waals surface area contributed by atoms with Crippen LogP contribution in [0.15, 0.2) is 18.3 Å². The molecule has 0 unspecified atom stereocenters. The normalized spacial score (nSPS) is 9.00. The van der Waals surface area contributed by atoms with Crippen LogP contribution >= 0.6 is 0 Å². The number of ether oxygens (including phenoxy) is 1. The number of carbonyl (C=O) groups excluding carboxylic acids is 2. The van der Waals surface area contributed by atoms with E-state index < -0.39 is 5.97 Å². The molecule has 0 aromatic carbocycles. The highest BCUT2D eigenvalue weighted by atomic mass is 16.5. The fourth-order valence-electron chi connectivity index (χ4n) is 1.22. The van der Waals surface area contributed by atoms with E-state index in [1.807, 2.05) is 0 Å². The molecular weight excluding hydrogens is 232 g/mol. The number of methoxy groups -OCH3 is 1. The van der Waals surface area contributed by atoms with Gasteiger partial charge in [-0.2, -0.15) is 0 Å². The lowest BCUT2D eigenvalue weighted by molar-refractivity contribution is -0.118. The average molecular weight is 246 g/mol. The van der Waals surface area contributed by atoms with Crippen LogP contribution in [-0.2, 0) is 9.53 Å². The molecule has 0 spiro atoms. The van der Waals surface area contributed by atoms with Crippen molar-refractivity contribution in [1.82, 2.24) is 10.3 Å². The van der Waals surface area contributed by atoms with E-state index in [0.29, 0.717) is 18.5 Å². The van der Waals surface area contributed by atoms with Gasteiger partial charge in [-0.1, -0.05) is 11.8 Å². The number of nitrogens with one attached hydrogen (secondary N) is 1. The minimum absolute atomic E-state index is 0.0894. The van der Waals surface area contributed by atoms with E-state index in [0.717, 1.165) is 0 Å². The molecule has 1 aromatic heterocycles. The van der Waals surface area contributed by atoms with Gasteiger partial charge in [0.1, 0.15) is 0 Å². The summed E-state index contributed by atoms with van der Waals surface area (Å²) < 4.78 is 4.61. The molecule has 0 atom stereocenters.